The number of hydrogen-bond donors (Lipinski definition) is 1. The van der Waals surface area contributed by atoms with Crippen LogP contribution in [0.1, 0.15) is 44.2 Å². The summed E-state index contributed by atoms with van der Waals surface area (Å²) < 4.78 is 5.28. The standard InChI is InChI=1S/C17H24N2OS/c1-13(19-15-5-9-17(21-2)10-6-15)14-3-7-16(8-4-14)20-12-11-18/h3-4,7-8,13,15,17,19H,5-6,9-10,12H2,1-2H3. The van der Waals surface area contributed by atoms with Crippen LogP contribution in [0.25, 0.3) is 0 Å². The Bertz CT molecular complexity index is 461. The van der Waals surface area contributed by atoms with E-state index >= 15 is 0 Å². The third kappa shape index (κ3) is 4.94. The van der Waals surface area contributed by atoms with Gasteiger partial charge in [-0.3, -0.25) is 0 Å². The van der Waals surface area contributed by atoms with Gasteiger partial charge < -0.3 is 10.1 Å². The Balaban J connectivity index is 1.83. The van der Waals surface area contributed by atoms with Gasteiger partial charge in [0.25, 0.3) is 0 Å². The summed E-state index contributed by atoms with van der Waals surface area (Å²) >= 11 is 2.01. The molecule has 0 saturated heterocycles. The first kappa shape index (κ1) is 16.2. The smallest absolute Gasteiger partial charge is 0.174 e. The van der Waals surface area contributed by atoms with Crippen LogP contribution in [0, 0.1) is 11.3 Å². The molecular weight excluding hydrogens is 280 g/mol. The molecule has 0 spiro atoms. The summed E-state index contributed by atoms with van der Waals surface area (Å²) in [5, 5.41) is 13.1. The molecule has 1 fully saturated rings. The molecule has 4 heteroatoms. The van der Waals surface area contributed by atoms with Crippen LogP contribution in [0.5, 0.6) is 5.75 Å². The summed E-state index contributed by atoms with van der Waals surface area (Å²) in [4.78, 5) is 0. The second-order valence-corrected chi connectivity index (χ2v) is 6.75. The lowest BCUT2D eigenvalue weighted by Crippen LogP contribution is -2.35. The zero-order valence-corrected chi connectivity index (χ0v) is 13.7. The summed E-state index contributed by atoms with van der Waals surface area (Å²) in [7, 11) is 0. The molecule has 0 bridgehead atoms. The zero-order valence-electron chi connectivity index (χ0n) is 12.8. The van der Waals surface area contributed by atoms with Gasteiger partial charge in [-0.15, -0.1) is 0 Å². The van der Waals surface area contributed by atoms with Crippen molar-refractivity contribution in [1.29, 1.82) is 5.26 Å². The fourth-order valence-corrected chi connectivity index (χ4v) is 3.63. The highest BCUT2D eigenvalue weighted by atomic mass is 32.2. The normalized spacial score (nSPS) is 23.3. The van der Waals surface area contributed by atoms with Gasteiger partial charge in [-0.05, 0) is 56.6 Å². The van der Waals surface area contributed by atoms with E-state index in [0.29, 0.717) is 12.1 Å². The molecule has 1 atom stereocenters. The number of thioether (sulfide) groups is 1. The maximum Gasteiger partial charge on any atom is 0.174 e. The summed E-state index contributed by atoms with van der Waals surface area (Å²) in [6, 6.07) is 11.0. The third-order valence-corrected chi connectivity index (χ3v) is 5.31. The first-order valence-corrected chi connectivity index (χ1v) is 8.90. The molecule has 1 N–H and O–H groups in total. The highest BCUT2D eigenvalue weighted by Crippen LogP contribution is 2.28. The van der Waals surface area contributed by atoms with Crippen molar-refractivity contribution < 1.29 is 4.74 Å². The molecule has 0 heterocycles. The van der Waals surface area contributed by atoms with E-state index < -0.39 is 0 Å². The fraction of sp³-hybridized carbons (Fsp3) is 0.588. The second kappa shape index (κ2) is 8.31. The van der Waals surface area contributed by atoms with Crippen molar-refractivity contribution in [1.82, 2.24) is 5.32 Å². The molecule has 114 valence electrons. The Labute approximate surface area is 132 Å². The monoisotopic (exact) mass is 304 g/mol. The first-order valence-electron chi connectivity index (χ1n) is 7.61. The molecule has 0 aliphatic heterocycles. The summed E-state index contributed by atoms with van der Waals surface area (Å²) in [5.74, 6) is 0.757. The van der Waals surface area contributed by atoms with Gasteiger partial charge in [0.05, 0.1) is 0 Å². The van der Waals surface area contributed by atoms with Gasteiger partial charge in [-0.2, -0.15) is 17.0 Å². The van der Waals surface area contributed by atoms with Crippen molar-refractivity contribution in [3.63, 3.8) is 0 Å². The largest absolute Gasteiger partial charge is 0.479 e. The van der Waals surface area contributed by atoms with Crippen LogP contribution in [0.2, 0.25) is 0 Å². The molecule has 1 aliphatic rings. The van der Waals surface area contributed by atoms with Crippen LogP contribution >= 0.6 is 11.8 Å². The van der Waals surface area contributed by atoms with E-state index in [4.69, 9.17) is 10.00 Å². The molecule has 1 aromatic carbocycles. The fourth-order valence-electron chi connectivity index (χ4n) is 2.88. The molecule has 21 heavy (non-hydrogen) atoms. The predicted molar refractivity (Wildman–Crippen MR) is 88.7 cm³/mol. The van der Waals surface area contributed by atoms with Crippen LogP contribution in [0.4, 0.5) is 0 Å². The Hall–Kier alpha value is -1.18. The zero-order chi connectivity index (χ0) is 15.1. The molecular formula is C17H24N2OS. The van der Waals surface area contributed by atoms with Crippen LogP contribution in [-0.2, 0) is 0 Å². The van der Waals surface area contributed by atoms with Gasteiger partial charge >= 0.3 is 0 Å². The summed E-state index contributed by atoms with van der Waals surface area (Å²) in [5.41, 5.74) is 1.27. The van der Waals surface area contributed by atoms with Crippen LogP contribution in [0.15, 0.2) is 24.3 Å². The van der Waals surface area contributed by atoms with E-state index in [9.17, 15) is 0 Å². The molecule has 1 saturated carbocycles. The van der Waals surface area contributed by atoms with Gasteiger partial charge in [-0.25, -0.2) is 0 Å². The number of rotatable bonds is 6. The topological polar surface area (TPSA) is 45.0 Å². The average Bonchev–Trinajstić information content (AvgIpc) is 2.54. The Morgan fingerprint density at radius 1 is 1.29 bits per heavy atom. The van der Waals surface area contributed by atoms with Crippen molar-refractivity contribution >= 4 is 11.8 Å². The number of nitrogens with zero attached hydrogens (tertiary/aromatic N) is 1. The molecule has 2 rings (SSSR count). The van der Waals surface area contributed by atoms with Crippen LogP contribution < -0.4 is 10.1 Å². The van der Waals surface area contributed by atoms with Gasteiger partial charge in [0.2, 0.25) is 0 Å². The molecule has 1 unspecified atom stereocenters. The van der Waals surface area contributed by atoms with E-state index in [1.165, 1.54) is 31.2 Å². The summed E-state index contributed by atoms with van der Waals surface area (Å²) in [6.45, 7) is 2.32. The minimum absolute atomic E-state index is 0.103. The highest BCUT2D eigenvalue weighted by Gasteiger charge is 2.21. The first-order chi connectivity index (χ1) is 10.2. The highest BCUT2D eigenvalue weighted by molar-refractivity contribution is 7.99. The quantitative estimate of drug-likeness (QED) is 0.865. The third-order valence-electron chi connectivity index (χ3n) is 4.18. The molecule has 1 aliphatic carbocycles. The lowest BCUT2D eigenvalue weighted by molar-refractivity contribution is 0.351. The van der Waals surface area contributed by atoms with Crippen molar-refractivity contribution in [3.8, 4) is 11.8 Å². The summed E-state index contributed by atoms with van der Waals surface area (Å²) in [6.07, 6.45) is 7.42. The van der Waals surface area contributed by atoms with E-state index in [2.05, 4.69) is 30.6 Å². The van der Waals surface area contributed by atoms with E-state index in [1.807, 2.05) is 30.0 Å². The van der Waals surface area contributed by atoms with E-state index in [0.717, 1.165) is 11.0 Å². The Morgan fingerprint density at radius 2 is 1.95 bits per heavy atom. The molecule has 0 aromatic heterocycles. The minimum atomic E-state index is 0.103. The van der Waals surface area contributed by atoms with E-state index in [-0.39, 0.29) is 6.61 Å². The average molecular weight is 304 g/mol. The molecule has 3 nitrogen and oxygen atoms in total. The maximum absolute atomic E-state index is 8.50. The van der Waals surface area contributed by atoms with Crippen molar-refractivity contribution in [2.24, 2.45) is 0 Å². The number of benzene rings is 1. The number of ether oxygens (including phenoxy) is 1. The lowest BCUT2D eigenvalue weighted by Gasteiger charge is -2.30. The van der Waals surface area contributed by atoms with E-state index in [1.54, 1.807) is 0 Å². The van der Waals surface area contributed by atoms with Gasteiger partial charge in [0, 0.05) is 17.3 Å². The van der Waals surface area contributed by atoms with Crippen LogP contribution in [-0.4, -0.2) is 24.2 Å². The maximum atomic E-state index is 8.50. The van der Waals surface area contributed by atoms with Crippen molar-refractivity contribution in [2.75, 3.05) is 12.9 Å². The Kier molecular flexibility index (Phi) is 6.41. The van der Waals surface area contributed by atoms with Crippen molar-refractivity contribution in [2.45, 2.75) is 49.9 Å². The molecule has 1 aromatic rings. The number of nitriles is 1. The van der Waals surface area contributed by atoms with Crippen molar-refractivity contribution in [3.05, 3.63) is 29.8 Å². The second-order valence-electron chi connectivity index (χ2n) is 5.61. The molecule has 0 amide bonds. The molecule has 0 radical (unpaired) electrons. The minimum Gasteiger partial charge on any atom is -0.479 e. The van der Waals surface area contributed by atoms with Crippen LogP contribution in [0.3, 0.4) is 0 Å². The predicted octanol–water partition coefficient (Wildman–Crippen LogP) is 3.91. The Morgan fingerprint density at radius 3 is 2.52 bits per heavy atom. The number of hydrogen-bond acceptors (Lipinski definition) is 4. The lowest BCUT2D eigenvalue weighted by atomic mass is 9.93. The van der Waals surface area contributed by atoms with Gasteiger partial charge in [0.15, 0.2) is 6.61 Å². The SMILES string of the molecule is CSC1CCC(NC(C)c2ccc(OCC#N)cc2)CC1. The number of nitrogens with one attached hydrogen (secondary N) is 1. The van der Waals surface area contributed by atoms with Gasteiger partial charge in [0.1, 0.15) is 11.8 Å². The van der Waals surface area contributed by atoms with Gasteiger partial charge in [-0.1, -0.05) is 12.1 Å².